The summed E-state index contributed by atoms with van der Waals surface area (Å²) in [4.78, 5) is 14.9. The zero-order valence-corrected chi connectivity index (χ0v) is 11.6. The van der Waals surface area contributed by atoms with Gasteiger partial charge in [0.15, 0.2) is 17.5 Å². The first-order valence-electron chi connectivity index (χ1n) is 6.60. The molecule has 0 aliphatic carbocycles. The number of ether oxygens (including phenoxy) is 1. The smallest absolute Gasteiger partial charge is 0.328 e. The van der Waals surface area contributed by atoms with Crippen molar-refractivity contribution in [3.8, 4) is 11.1 Å². The van der Waals surface area contributed by atoms with Crippen LogP contribution in [-0.2, 0) is 9.53 Å². The van der Waals surface area contributed by atoms with Crippen molar-refractivity contribution in [2.45, 2.75) is 0 Å². The molecule has 7 heteroatoms. The number of benzene rings is 2. The molecule has 1 aliphatic heterocycles. The van der Waals surface area contributed by atoms with Gasteiger partial charge in [-0.25, -0.2) is 17.6 Å². The number of halogens is 4. The van der Waals surface area contributed by atoms with Crippen LogP contribution in [0.4, 0.5) is 17.6 Å². The lowest BCUT2D eigenvalue weighted by Gasteiger charge is -2.14. The zero-order chi connectivity index (χ0) is 16.6. The second-order valence-electron chi connectivity index (χ2n) is 4.84. The van der Waals surface area contributed by atoms with Gasteiger partial charge >= 0.3 is 5.97 Å². The van der Waals surface area contributed by atoms with Gasteiger partial charge in [0.05, 0.1) is 5.71 Å². The molecule has 0 unspecified atom stereocenters. The van der Waals surface area contributed by atoms with E-state index >= 15 is 0 Å². The molecule has 2 aromatic carbocycles. The predicted molar refractivity (Wildman–Crippen MR) is 74.1 cm³/mol. The Labute approximate surface area is 128 Å². The highest BCUT2D eigenvalue weighted by Crippen LogP contribution is 2.29. The highest BCUT2D eigenvalue weighted by Gasteiger charge is 2.19. The fourth-order valence-corrected chi connectivity index (χ4v) is 2.22. The van der Waals surface area contributed by atoms with Crippen LogP contribution in [0.3, 0.4) is 0 Å². The number of nitrogens with zero attached hydrogens (tertiary/aromatic N) is 1. The molecule has 23 heavy (non-hydrogen) atoms. The van der Waals surface area contributed by atoms with Crippen molar-refractivity contribution in [3.63, 3.8) is 0 Å². The minimum absolute atomic E-state index is 0.0862. The first kappa shape index (κ1) is 15.2. The molecule has 2 aromatic rings. The Morgan fingerprint density at radius 3 is 2.30 bits per heavy atom. The third kappa shape index (κ3) is 2.81. The largest absolute Gasteiger partial charge is 0.458 e. The van der Waals surface area contributed by atoms with E-state index in [-0.39, 0.29) is 24.3 Å². The number of carbonyl (C=O) groups excluding carboxylic acids is 1. The van der Waals surface area contributed by atoms with Crippen molar-refractivity contribution in [2.24, 2.45) is 4.99 Å². The molecule has 1 heterocycles. The first-order chi connectivity index (χ1) is 11.0. The summed E-state index contributed by atoms with van der Waals surface area (Å²) in [5.74, 6) is -5.77. The molecule has 0 radical (unpaired) electrons. The van der Waals surface area contributed by atoms with Crippen LogP contribution in [0.1, 0.15) is 5.56 Å². The minimum Gasteiger partial charge on any atom is -0.458 e. The van der Waals surface area contributed by atoms with Crippen LogP contribution in [0, 0.1) is 23.3 Å². The Morgan fingerprint density at radius 2 is 1.65 bits per heavy atom. The normalized spacial score (nSPS) is 14.4. The maximum atomic E-state index is 14.2. The molecule has 0 N–H and O–H groups in total. The van der Waals surface area contributed by atoms with E-state index < -0.39 is 29.2 Å². The third-order valence-electron chi connectivity index (χ3n) is 3.40. The van der Waals surface area contributed by atoms with E-state index in [1.165, 1.54) is 12.1 Å². The molecule has 0 fully saturated rings. The molecule has 3 rings (SSSR count). The molecule has 3 nitrogen and oxygen atoms in total. The summed E-state index contributed by atoms with van der Waals surface area (Å²) < 4.78 is 59.0. The molecule has 0 amide bonds. The average Bonchev–Trinajstić information content (AvgIpc) is 2.54. The van der Waals surface area contributed by atoms with Crippen LogP contribution in [0.25, 0.3) is 11.1 Å². The summed E-state index contributed by atoms with van der Waals surface area (Å²) in [5.41, 5.74) is 0.145. The molecule has 0 saturated heterocycles. The summed E-state index contributed by atoms with van der Waals surface area (Å²) in [5, 5.41) is 0. The first-order valence-corrected chi connectivity index (χ1v) is 6.60. The monoisotopic (exact) mass is 323 g/mol. The fourth-order valence-electron chi connectivity index (χ4n) is 2.22. The summed E-state index contributed by atoms with van der Waals surface area (Å²) in [6.07, 6.45) is 0. The zero-order valence-electron chi connectivity index (χ0n) is 11.6. The van der Waals surface area contributed by atoms with E-state index in [4.69, 9.17) is 4.74 Å². The number of rotatable bonds is 2. The summed E-state index contributed by atoms with van der Waals surface area (Å²) in [6.45, 7) is -0.242. The maximum absolute atomic E-state index is 14.2. The summed E-state index contributed by atoms with van der Waals surface area (Å²) in [7, 11) is 0. The molecule has 0 aromatic heterocycles. The van der Waals surface area contributed by atoms with Crippen molar-refractivity contribution in [3.05, 3.63) is 59.2 Å². The van der Waals surface area contributed by atoms with Gasteiger partial charge in [0.25, 0.3) is 0 Å². The highest BCUT2D eigenvalue weighted by atomic mass is 19.2. The quantitative estimate of drug-likeness (QED) is 0.483. The molecule has 118 valence electrons. The Morgan fingerprint density at radius 1 is 0.913 bits per heavy atom. The molecule has 0 atom stereocenters. The van der Waals surface area contributed by atoms with Crippen molar-refractivity contribution < 1.29 is 27.1 Å². The van der Waals surface area contributed by atoms with E-state index in [1.807, 2.05) is 0 Å². The summed E-state index contributed by atoms with van der Waals surface area (Å²) >= 11 is 0. The average molecular weight is 323 g/mol. The SMILES string of the molecule is O=C1CN=C(c2ccc(-c3ccc(F)c(F)c3F)c(F)c2)CO1. The lowest BCUT2D eigenvalue weighted by Crippen LogP contribution is -2.23. The standard InChI is InChI=1S/C16H9F4NO2/c17-11-4-3-10(15(19)16(11)20)9-2-1-8(5-12(9)18)13-7-23-14(22)6-21-13/h1-5H,6-7H2. The lowest BCUT2D eigenvalue weighted by molar-refractivity contribution is -0.140. The number of hydrogen-bond donors (Lipinski definition) is 0. The van der Waals surface area contributed by atoms with Gasteiger partial charge in [0, 0.05) is 16.7 Å². The Bertz CT molecular complexity index is 833. The molecule has 0 spiro atoms. The van der Waals surface area contributed by atoms with Gasteiger partial charge in [-0.05, 0) is 18.2 Å². The topological polar surface area (TPSA) is 38.7 Å². The van der Waals surface area contributed by atoms with Crippen molar-refractivity contribution in [1.29, 1.82) is 0 Å². The van der Waals surface area contributed by atoms with Gasteiger partial charge in [-0.1, -0.05) is 12.1 Å². The van der Waals surface area contributed by atoms with E-state index in [9.17, 15) is 22.4 Å². The van der Waals surface area contributed by atoms with Crippen LogP contribution >= 0.6 is 0 Å². The van der Waals surface area contributed by atoms with Crippen LogP contribution in [0.2, 0.25) is 0 Å². The molecule has 0 bridgehead atoms. The van der Waals surface area contributed by atoms with Gasteiger partial charge in [-0.2, -0.15) is 0 Å². The maximum Gasteiger partial charge on any atom is 0.328 e. The van der Waals surface area contributed by atoms with Crippen LogP contribution in [0.5, 0.6) is 0 Å². The number of carbonyl (C=O) groups is 1. The Balaban J connectivity index is 2.01. The second kappa shape index (κ2) is 5.83. The van der Waals surface area contributed by atoms with Crippen molar-refractivity contribution in [1.82, 2.24) is 0 Å². The number of cyclic esters (lactones) is 1. The van der Waals surface area contributed by atoms with Crippen molar-refractivity contribution in [2.75, 3.05) is 13.2 Å². The lowest BCUT2D eigenvalue weighted by atomic mass is 10.0. The van der Waals surface area contributed by atoms with Crippen LogP contribution in [0.15, 0.2) is 35.3 Å². The van der Waals surface area contributed by atoms with Crippen LogP contribution in [-0.4, -0.2) is 24.8 Å². The van der Waals surface area contributed by atoms with E-state index in [0.717, 1.165) is 18.2 Å². The second-order valence-corrected chi connectivity index (χ2v) is 4.84. The minimum atomic E-state index is -1.66. The van der Waals surface area contributed by atoms with E-state index in [1.54, 1.807) is 0 Å². The number of esters is 1. The number of hydrogen-bond acceptors (Lipinski definition) is 3. The Kier molecular flexibility index (Phi) is 3.85. The van der Waals surface area contributed by atoms with E-state index in [2.05, 4.69) is 4.99 Å². The highest BCUT2D eigenvalue weighted by molar-refractivity contribution is 6.04. The van der Waals surface area contributed by atoms with Crippen LogP contribution < -0.4 is 0 Å². The van der Waals surface area contributed by atoms with Gasteiger partial charge in [0.2, 0.25) is 0 Å². The number of aliphatic imine (C=N–C) groups is 1. The van der Waals surface area contributed by atoms with Gasteiger partial charge < -0.3 is 4.74 Å². The molecule has 1 aliphatic rings. The fraction of sp³-hybridized carbons (Fsp3) is 0.125. The van der Waals surface area contributed by atoms with E-state index in [0.29, 0.717) is 11.3 Å². The Hall–Kier alpha value is -2.70. The molecular weight excluding hydrogens is 314 g/mol. The van der Waals surface area contributed by atoms with Gasteiger partial charge in [-0.3, -0.25) is 9.79 Å². The van der Waals surface area contributed by atoms with Crippen molar-refractivity contribution >= 4 is 11.7 Å². The molecule has 0 saturated carbocycles. The summed E-state index contributed by atoms with van der Waals surface area (Å²) in [6, 6.07) is 5.45. The molecular formula is C16H9F4NO2. The van der Waals surface area contributed by atoms with Gasteiger partial charge in [0.1, 0.15) is 19.0 Å². The third-order valence-corrected chi connectivity index (χ3v) is 3.40. The predicted octanol–water partition coefficient (Wildman–Crippen LogP) is 3.26. The van der Waals surface area contributed by atoms with Gasteiger partial charge in [-0.15, -0.1) is 0 Å².